The number of carbonyl (C=O) groups is 2. The van der Waals surface area contributed by atoms with Crippen LogP contribution in [0.15, 0.2) is 41.3 Å². The minimum atomic E-state index is -1.12. The third-order valence-corrected chi connectivity index (χ3v) is 5.39. The molecule has 1 amide bonds. The Morgan fingerprint density at radius 3 is 2.75 bits per heavy atom. The van der Waals surface area contributed by atoms with E-state index in [0.29, 0.717) is 18.9 Å². The van der Waals surface area contributed by atoms with Crippen molar-refractivity contribution in [3.05, 3.63) is 69.6 Å². The maximum atomic E-state index is 13.9. The molecule has 3 N–H and O–H groups in total. The number of amides is 1. The first-order valence-corrected chi connectivity index (χ1v) is 9.74. The van der Waals surface area contributed by atoms with E-state index in [1.54, 1.807) is 0 Å². The molecule has 1 fully saturated rings. The Balaban J connectivity index is 1.82. The number of aromatic nitrogens is 2. The van der Waals surface area contributed by atoms with Gasteiger partial charge in [-0.15, -0.1) is 4.73 Å². The molecular weight excluding hydrogens is 426 g/mol. The molecule has 1 unspecified atom stereocenters. The minimum absolute atomic E-state index is 0.0161. The van der Waals surface area contributed by atoms with E-state index in [2.05, 4.69) is 10.3 Å². The van der Waals surface area contributed by atoms with E-state index in [9.17, 15) is 33.5 Å². The standard InChI is InChI=1S/C21H18F2N4O5/c22-12-6-5-11(14(23)9-12)10-25-19(28)16-17(26-8-2-4-15(26)21(30)31)13-3-1-7-24-18(13)27(32)20(16)29/h1,3,5-7,9,15,32H,2,4,8,10H2,(H,25,28)(H,30,31). The molecule has 1 saturated heterocycles. The number of nitrogens with zero attached hydrogens (tertiary/aromatic N) is 3. The fourth-order valence-corrected chi connectivity index (χ4v) is 3.91. The number of carbonyl (C=O) groups excluding carboxylic acids is 1. The summed E-state index contributed by atoms with van der Waals surface area (Å²) in [7, 11) is 0. The van der Waals surface area contributed by atoms with Gasteiger partial charge >= 0.3 is 5.97 Å². The van der Waals surface area contributed by atoms with Crippen molar-refractivity contribution in [2.75, 3.05) is 11.4 Å². The molecule has 1 aromatic carbocycles. The molecule has 3 heterocycles. The van der Waals surface area contributed by atoms with Gasteiger partial charge in [-0.2, -0.15) is 0 Å². The van der Waals surface area contributed by atoms with Gasteiger partial charge in [-0.1, -0.05) is 6.07 Å². The molecule has 32 heavy (non-hydrogen) atoms. The summed E-state index contributed by atoms with van der Waals surface area (Å²) in [6.45, 7) is -0.0919. The van der Waals surface area contributed by atoms with Crippen LogP contribution in [0.5, 0.6) is 0 Å². The summed E-state index contributed by atoms with van der Waals surface area (Å²) < 4.78 is 27.3. The largest absolute Gasteiger partial charge is 0.480 e. The monoisotopic (exact) mass is 444 g/mol. The lowest BCUT2D eigenvalue weighted by Gasteiger charge is -2.27. The van der Waals surface area contributed by atoms with E-state index in [-0.39, 0.29) is 40.1 Å². The minimum Gasteiger partial charge on any atom is -0.480 e. The van der Waals surface area contributed by atoms with Gasteiger partial charge in [-0.05, 0) is 31.0 Å². The number of halogens is 2. The van der Waals surface area contributed by atoms with Gasteiger partial charge in [0, 0.05) is 36.3 Å². The fourth-order valence-electron chi connectivity index (χ4n) is 3.91. The number of anilines is 1. The van der Waals surface area contributed by atoms with Gasteiger partial charge in [-0.3, -0.25) is 9.59 Å². The Morgan fingerprint density at radius 2 is 2.03 bits per heavy atom. The van der Waals surface area contributed by atoms with Crippen molar-refractivity contribution in [3.8, 4) is 0 Å². The van der Waals surface area contributed by atoms with Crippen molar-refractivity contribution in [3.63, 3.8) is 0 Å². The van der Waals surface area contributed by atoms with Crippen LogP contribution in [0.4, 0.5) is 14.5 Å². The van der Waals surface area contributed by atoms with Gasteiger partial charge in [-0.25, -0.2) is 18.6 Å². The van der Waals surface area contributed by atoms with Crippen LogP contribution in [0.1, 0.15) is 28.8 Å². The summed E-state index contributed by atoms with van der Waals surface area (Å²) in [4.78, 5) is 43.1. The highest BCUT2D eigenvalue weighted by Gasteiger charge is 2.36. The lowest BCUT2D eigenvalue weighted by Crippen LogP contribution is -2.41. The Morgan fingerprint density at radius 1 is 1.25 bits per heavy atom. The third kappa shape index (κ3) is 3.61. The fraction of sp³-hybridized carbons (Fsp3) is 0.238. The number of carboxylic acid groups (broad SMARTS) is 1. The van der Waals surface area contributed by atoms with E-state index in [1.807, 2.05) is 0 Å². The first-order valence-electron chi connectivity index (χ1n) is 9.74. The number of hydrogen-bond donors (Lipinski definition) is 3. The van der Waals surface area contributed by atoms with Crippen LogP contribution < -0.4 is 15.8 Å². The predicted molar refractivity (Wildman–Crippen MR) is 109 cm³/mol. The van der Waals surface area contributed by atoms with Crippen molar-refractivity contribution < 1.29 is 28.7 Å². The molecule has 1 atom stereocenters. The second-order valence-electron chi connectivity index (χ2n) is 7.32. The smallest absolute Gasteiger partial charge is 0.326 e. The highest BCUT2D eigenvalue weighted by Crippen LogP contribution is 2.33. The SMILES string of the molecule is O=C(NCc1ccc(F)cc1F)c1c(N2CCCC2C(=O)O)c2cccnc2n(O)c1=O. The summed E-state index contributed by atoms with van der Waals surface area (Å²) in [6.07, 6.45) is 2.16. The molecule has 1 aliphatic heterocycles. The number of fused-ring (bicyclic) bond motifs is 1. The number of benzene rings is 1. The number of aliphatic carboxylic acids is 1. The highest BCUT2D eigenvalue weighted by atomic mass is 19.1. The number of carboxylic acids is 1. The van der Waals surface area contributed by atoms with Crippen molar-refractivity contribution in [1.82, 2.24) is 15.0 Å². The second-order valence-corrected chi connectivity index (χ2v) is 7.32. The van der Waals surface area contributed by atoms with Crippen LogP contribution in [-0.2, 0) is 11.3 Å². The molecule has 0 aliphatic carbocycles. The van der Waals surface area contributed by atoms with Crippen LogP contribution >= 0.6 is 0 Å². The second kappa shape index (κ2) is 8.25. The molecular formula is C21H18F2N4O5. The first-order chi connectivity index (χ1) is 15.3. The molecule has 11 heteroatoms. The van der Waals surface area contributed by atoms with Gasteiger partial charge in [0.05, 0.1) is 5.69 Å². The van der Waals surface area contributed by atoms with Gasteiger partial charge in [0.1, 0.15) is 23.2 Å². The Labute approximate surface area is 179 Å². The van der Waals surface area contributed by atoms with Crippen LogP contribution in [0.25, 0.3) is 11.0 Å². The topological polar surface area (TPSA) is 125 Å². The molecule has 1 aliphatic rings. The molecule has 4 rings (SSSR count). The number of rotatable bonds is 5. The van der Waals surface area contributed by atoms with Crippen LogP contribution in [0.3, 0.4) is 0 Å². The Hall–Kier alpha value is -4.02. The Kier molecular flexibility index (Phi) is 5.47. The van der Waals surface area contributed by atoms with Crippen molar-refractivity contribution >= 4 is 28.6 Å². The molecule has 0 bridgehead atoms. The van der Waals surface area contributed by atoms with Crippen LogP contribution in [0, 0.1) is 11.6 Å². The maximum Gasteiger partial charge on any atom is 0.326 e. The lowest BCUT2D eigenvalue weighted by molar-refractivity contribution is -0.138. The van der Waals surface area contributed by atoms with Gasteiger partial charge < -0.3 is 20.5 Å². The van der Waals surface area contributed by atoms with Crippen molar-refractivity contribution in [2.24, 2.45) is 0 Å². The maximum absolute atomic E-state index is 13.9. The summed E-state index contributed by atoms with van der Waals surface area (Å²) in [5, 5.41) is 22.5. The van der Waals surface area contributed by atoms with E-state index >= 15 is 0 Å². The highest BCUT2D eigenvalue weighted by molar-refractivity contribution is 6.07. The number of pyridine rings is 2. The van der Waals surface area contributed by atoms with Crippen LogP contribution in [0.2, 0.25) is 0 Å². The quantitative estimate of drug-likeness (QED) is 0.514. The van der Waals surface area contributed by atoms with E-state index in [1.165, 1.54) is 23.2 Å². The number of nitrogens with one attached hydrogen (secondary N) is 1. The van der Waals surface area contributed by atoms with Gasteiger partial charge in [0.25, 0.3) is 11.5 Å². The molecule has 0 saturated carbocycles. The number of hydrogen-bond acceptors (Lipinski definition) is 6. The summed E-state index contributed by atoms with van der Waals surface area (Å²) in [5.41, 5.74) is -1.71. The average molecular weight is 444 g/mol. The molecule has 0 radical (unpaired) electrons. The van der Waals surface area contributed by atoms with Crippen LogP contribution in [-0.4, -0.2) is 44.5 Å². The first kappa shape index (κ1) is 21.2. The van der Waals surface area contributed by atoms with E-state index in [0.717, 1.165) is 12.1 Å². The zero-order valence-corrected chi connectivity index (χ0v) is 16.6. The van der Waals surface area contributed by atoms with E-state index in [4.69, 9.17) is 0 Å². The zero-order chi connectivity index (χ0) is 23.0. The van der Waals surface area contributed by atoms with Crippen molar-refractivity contribution in [1.29, 1.82) is 0 Å². The zero-order valence-electron chi connectivity index (χ0n) is 16.6. The molecule has 3 aromatic rings. The average Bonchev–Trinajstić information content (AvgIpc) is 3.25. The van der Waals surface area contributed by atoms with Gasteiger partial charge in [0.15, 0.2) is 5.65 Å². The summed E-state index contributed by atoms with van der Waals surface area (Å²) in [6, 6.07) is 4.90. The normalized spacial score (nSPS) is 15.8. The lowest BCUT2D eigenvalue weighted by atomic mass is 10.1. The van der Waals surface area contributed by atoms with Crippen molar-refractivity contribution in [2.45, 2.75) is 25.4 Å². The molecule has 2 aromatic heterocycles. The molecule has 9 nitrogen and oxygen atoms in total. The Bertz CT molecular complexity index is 1290. The summed E-state index contributed by atoms with van der Waals surface area (Å²) >= 11 is 0. The summed E-state index contributed by atoms with van der Waals surface area (Å²) in [5.74, 6) is -3.72. The van der Waals surface area contributed by atoms with Gasteiger partial charge in [0.2, 0.25) is 0 Å². The molecule has 0 spiro atoms. The van der Waals surface area contributed by atoms with E-state index < -0.39 is 40.7 Å². The predicted octanol–water partition coefficient (Wildman–Crippen LogP) is 1.90. The third-order valence-electron chi connectivity index (χ3n) is 5.39. The molecule has 166 valence electrons.